The number of nitrogens with zero attached hydrogens (tertiary/aromatic N) is 1. The molecule has 0 saturated heterocycles. The van der Waals surface area contributed by atoms with Crippen molar-refractivity contribution in [2.45, 2.75) is 49.3 Å². The SMILES string of the molecule is CN(C(=O)COC(=O)CC12C[C@@H]3C[C@@H](CC(Br)(C3)C1)C2)c1ccccc1. The van der Waals surface area contributed by atoms with Gasteiger partial charge in [0.05, 0.1) is 6.42 Å². The summed E-state index contributed by atoms with van der Waals surface area (Å²) in [5.74, 6) is 1.06. The van der Waals surface area contributed by atoms with Gasteiger partial charge in [0.25, 0.3) is 5.91 Å². The van der Waals surface area contributed by atoms with Crippen LogP contribution in [-0.2, 0) is 14.3 Å². The number of alkyl halides is 1. The van der Waals surface area contributed by atoms with E-state index in [0.717, 1.165) is 36.8 Å². The van der Waals surface area contributed by atoms with Gasteiger partial charge in [-0.15, -0.1) is 0 Å². The van der Waals surface area contributed by atoms with Crippen molar-refractivity contribution in [2.24, 2.45) is 17.3 Å². The Bertz CT molecular complexity index is 690. The number of hydrogen-bond acceptors (Lipinski definition) is 3. The third kappa shape index (κ3) is 3.55. The van der Waals surface area contributed by atoms with E-state index in [1.807, 2.05) is 30.3 Å². The Morgan fingerprint density at radius 1 is 1.15 bits per heavy atom. The summed E-state index contributed by atoms with van der Waals surface area (Å²) in [5, 5.41) is 0. The van der Waals surface area contributed by atoms with E-state index in [1.165, 1.54) is 24.2 Å². The van der Waals surface area contributed by atoms with E-state index in [-0.39, 0.29) is 28.2 Å². The molecule has 0 aliphatic heterocycles. The van der Waals surface area contributed by atoms with Crippen LogP contribution in [0.5, 0.6) is 0 Å². The van der Waals surface area contributed by atoms with Crippen molar-refractivity contribution in [2.75, 3.05) is 18.6 Å². The van der Waals surface area contributed by atoms with Crippen molar-refractivity contribution in [1.29, 1.82) is 0 Å². The van der Waals surface area contributed by atoms with Gasteiger partial charge in [-0.3, -0.25) is 9.59 Å². The van der Waals surface area contributed by atoms with Crippen LogP contribution in [0.25, 0.3) is 0 Å². The largest absolute Gasteiger partial charge is 0.456 e. The molecule has 1 aromatic carbocycles. The van der Waals surface area contributed by atoms with E-state index in [9.17, 15) is 9.59 Å². The maximum atomic E-state index is 12.5. The molecule has 0 spiro atoms. The maximum Gasteiger partial charge on any atom is 0.306 e. The molecule has 5 rings (SSSR count). The lowest BCUT2D eigenvalue weighted by molar-refractivity contribution is -0.154. The van der Waals surface area contributed by atoms with E-state index >= 15 is 0 Å². The summed E-state index contributed by atoms with van der Waals surface area (Å²) in [4.78, 5) is 26.3. The Morgan fingerprint density at radius 3 is 2.42 bits per heavy atom. The van der Waals surface area contributed by atoms with E-state index < -0.39 is 0 Å². The molecule has 1 amide bonds. The first-order valence-electron chi connectivity index (χ1n) is 9.53. The summed E-state index contributed by atoms with van der Waals surface area (Å²) >= 11 is 3.98. The summed E-state index contributed by atoms with van der Waals surface area (Å²) < 4.78 is 5.61. The van der Waals surface area contributed by atoms with Crippen molar-refractivity contribution in [3.05, 3.63) is 30.3 Å². The first kappa shape index (κ1) is 18.0. The molecule has 4 aliphatic carbocycles. The first-order valence-corrected chi connectivity index (χ1v) is 10.3. The summed E-state index contributed by atoms with van der Waals surface area (Å²) in [6, 6.07) is 9.40. The fourth-order valence-electron chi connectivity index (χ4n) is 5.93. The standard InChI is InChI=1S/C21H26BrNO3/c1-23(17-5-3-2-4-6-17)18(24)13-26-19(25)12-20-8-15-7-16(9-20)11-21(22,10-15)14-20/h2-6,15-16H,7-14H2,1H3/t15-,16+,20?,21?. The highest BCUT2D eigenvalue weighted by molar-refractivity contribution is 9.10. The van der Waals surface area contributed by atoms with Gasteiger partial charge < -0.3 is 9.64 Å². The van der Waals surface area contributed by atoms with E-state index in [4.69, 9.17) is 4.74 Å². The van der Waals surface area contributed by atoms with E-state index in [1.54, 1.807) is 7.05 Å². The monoisotopic (exact) mass is 419 g/mol. The second-order valence-electron chi connectivity index (χ2n) is 8.74. The minimum atomic E-state index is -0.224. The molecule has 4 nitrogen and oxygen atoms in total. The second-order valence-corrected chi connectivity index (χ2v) is 10.4. The van der Waals surface area contributed by atoms with Gasteiger partial charge in [-0.05, 0) is 67.9 Å². The van der Waals surface area contributed by atoms with Crippen LogP contribution in [0.2, 0.25) is 0 Å². The normalized spacial score (nSPS) is 34.5. The number of carbonyl (C=O) groups excluding carboxylic acids is 2. The number of rotatable bonds is 5. The summed E-state index contributed by atoms with van der Waals surface area (Å²) in [7, 11) is 1.71. The number of esters is 1. The highest BCUT2D eigenvalue weighted by atomic mass is 79.9. The number of para-hydroxylation sites is 1. The molecule has 4 fully saturated rings. The molecule has 4 aliphatic rings. The minimum absolute atomic E-state index is 0.0824. The predicted molar refractivity (Wildman–Crippen MR) is 104 cm³/mol. The van der Waals surface area contributed by atoms with Crippen LogP contribution < -0.4 is 4.90 Å². The zero-order chi connectivity index (χ0) is 18.4. The fraction of sp³-hybridized carbons (Fsp3) is 0.619. The Kier molecular flexibility index (Phi) is 4.62. The van der Waals surface area contributed by atoms with Crippen LogP contribution in [0.3, 0.4) is 0 Å². The first-order chi connectivity index (χ1) is 12.4. The lowest BCUT2D eigenvalue weighted by Gasteiger charge is -2.60. The van der Waals surface area contributed by atoms with E-state index in [2.05, 4.69) is 15.9 Å². The number of anilines is 1. The van der Waals surface area contributed by atoms with Gasteiger partial charge in [-0.25, -0.2) is 0 Å². The van der Waals surface area contributed by atoms with Gasteiger partial charge >= 0.3 is 5.97 Å². The molecule has 4 saturated carbocycles. The Hall–Kier alpha value is -1.36. The minimum Gasteiger partial charge on any atom is -0.456 e. The average Bonchev–Trinajstić information content (AvgIpc) is 2.57. The molecule has 0 aromatic heterocycles. The van der Waals surface area contributed by atoms with Crippen LogP contribution in [0.15, 0.2) is 30.3 Å². The smallest absolute Gasteiger partial charge is 0.306 e. The molecule has 0 radical (unpaired) electrons. The summed E-state index contributed by atoms with van der Waals surface area (Å²) in [6.45, 7) is -0.188. The van der Waals surface area contributed by atoms with Crippen molar-refractivity contribution in [3.8, 4) is 0 Å². The number of ether oxygens (including phenoxy) is 1. The van der Waals surface area contributed by atoms with Crippen LogP contribution in [0.1, 0.15) is 44.9 Å². The number of hydrogen-bond donors (Lipinski definition) is 0. The molecular formula is C21H26BrNO3. The van der Waals surface area contributed by atoms with Crippen molar-refractivity contribution >= 4 is 33.5 Å². The number of benzene rings is 1. The number of amides is 1. The van der Waals surface area contributed by atoms with Crippen molar-refractivity contribution < 1.29 is 14.3 Å². The predicted octanol–water partition coefficient (Wildman–Crippen LogP) is 4.32. The average molecular weight is 420 g/mol. The second kappa shape index (κ2) is 6.66. The molecule has 4 atom stereocenters. The molecule has 0 heterocycles. The van der Waals surface area contributed by atoms with Gasteiger partial charge in [0.2, 0.25) is 0 Å². The van der Waals surface area contributed by atoms with Crippen molar-refractivity contribution in [3.63, 3.8) is 0 Å². The molecular weight excluding hydrogens is 394 g/mol. The summed E-state index contributed by atoms with van der Waals surface area (Å²) in [5.41, 5.74) is 0.884. The van der Waals surface area contributed by atoms with Gasteiger partial charge in [-0.2, -0.15) is 0 Å². The van der Waals surface area contributed by atoms with Crippen LogP contribution in [0.4, 0.5) is 5.69 Å². The van der Waals surface area contributed by atoms with Gasteiger partial charge in [0.1, 0.15) is 0 Å². The molecule has 2 unspecified atom stereocenters. The quantitative estimate of drug-likeness (QED) is 0.527. The van der Waals surface area contributed by atoms with Gasteiger partial charge in [0, 0.05) is 17.1 Å². The molecule has 140 valence electrons. The third-order valence-corrected chi connectivity index (χ3v) is 7.43. The summed E-state index contributed by atoms with van der Waals surface area (Å²) in [6.07, 6.45) is 7.63. The Balaban J connectivity index is 1.33. The number of likely N-dealkylation sites (N-methyl/N-ethyl adjacent to an activating group) is 1. The van der Waals surface area contributed by atoms with Gasteiger partial charge in [0.15, 0.2) is 6.61 Å². The highest BCUT2D eigenvalue weighted by Gasteiger charge is 2.57. The van der Waals surface area contributed by atoms with Crippen LogP contribution in [0, 0.1) is 17.3 Å². The van der Waals surface area contributed by atoms with Gasteiger partial charge in [-0.1, -0.05) is 34.1 Å². The van der Waals surface area contributed by atoms with Crippen LogP contribution in [-0.4, -0.2) is 29.9 Å². The van der Waals surface area contributed by atoms with Crippen LogP contribution >= 0.6 is 15.9 Å². The molecule has 0 N–H and O–H groups in total. The van der Waals surface area contributed by atoms with E-state index in [0.29, 0.717) is 6.42 Å². The van der Waals surface area contributed by atoms with Crippen molar-refractivity contribution in [1.82, 2.24) is 0 Å². The third-order valence-electron chi connectivity index (χ3n) is 6.50. The number of halogens is 1. The maximum absolute atomic E-state index is 12.5. The zero-order valence-electron chi connectivity index (χ0n) is 15.2. The zero-order valence-corrected chi connectivity index (χ0v) is 16.8. The topological polar surface area (TPSA) is 46.6 Å². The lowest BCUT2D eigenvalue weighted by Crippen LogP contribution is -2.53. The lowest BCUT2D eigenvalue weighted by atomic mass is 9.49. The highest BCUT2D eigenvalue weighted by Crippen LogP contribution is 2.65. The molecule has 1 aromatic rings. The molecule has 5 heteroatoms. The number of carbonyl (C=O) groups is 2. The fourth-order valence-corrected chi connectivity index (χ4v) is 7.45. The Morgan fingerprint density at radius 2 is 1.81 bits per heavy atom. The molecule has 4 bridgehead atoms. The molecule has 26 heavy (non-hydrogen) atoms. The Labute approximate surface area is 163 Å².